The Morgan fingerprint density at radius 1 is 1.17 bits per heavy atom. The van der Waals surface area contributed by atoms with Crippen molar-refractivity contribution in [2.24, 2.45) is 11.5 Å². The molecule has 24 heavy (non-hydrogen) atoms. The molecule has 8 nitrogen and oxygen atoms in total. The van der Waals surface area contributed by atoms with E-state index in [1.165, 1.54) is 0 Å². The summed E-state index contributed by atoms with van der Waals surface area (Å²) in [6.07, 6.45) is 2.16. The van der Waals surface area contributed by atoms with Crippen molar-refractivity contribution in [3.8, 4) is 0 Å². The molecule has 8 heteroatoms. The first-order valence-corrected chi connectivity index (χ1v) is 7.31. The van der Waals surface area contributed by atoms with Crippen LogP contribution in [0.3, 0.4) is 0 Å². The van der Waals surface area contributed by atoms with E-state index < -0.39 is 18.0 Å². The van der Waals surface area contributed by atoms with Gasteiger partial charge in [-0.1, -0.05) is 18.6 Å². The molecule has 0 aliphatic heterocycles. The maximum Gasteiger partial charge on any atom is 0.371 e. The summed E-state index contributed by atoms with van der Waals surface area (Å²) < 4.78 is 5.00. The molecule has 0 radical (unpaired) electrons. The summed E-state index contributed by atoms with van der Waals surface area (Å²) >= 11 is 0. The summed E-state index contributed by atoms with van der Waals surface area (Å²) in [4.78, 5) is 32.1. The number of aromatic carboxylic acids is 1. The highest BCUT2D eigenvalue weighted by Crippen LogP contribution is 2.11. The minimum Gasteiger partial charge on any atom is -0.480 e. The Morgan fingerprint density at radius 2 is 1.83 bits per heavy atom. The van der Waals surface area contributed by atoms with Gasteiger partial charge in [-0.3, -0.25) is 9.59 Å². The van der Waals surface area contributed by atoms with Crippen LogP contribution in [-0.2, 0) is 4.79 Å². The zero-order valence-electron chi connectivity index (χ0n) is 13.0. The largest absolute Gasteiger partial charge is 0.480 e. The van der Waals surface area contributed by atoms with Gasteiger partial charge in [-0.25, -0.2) is 4.79 Å². The van der Waals surface area contributed by atoms with Gasteiger partial charge in [-0.2, -0.15) is 0 Å². The van der Waals surface area contributed by atoms with E-state index in [2.05, 4.69) is 0 Å². The van der Waals surface area contributed by atoms with Crippen molar-refractivity contribution in [2.75, 3.05) is 6.54 Å². The van der Waals surface area contributed by atoms with Gasteiger partial charge in [-0.15, -0.1) is 0 Å². The van der Waals surface area contributed by atoms with Crippen LogP contribution in [0.25, 0.3) is 11.0 Å². The summed E-state index contributed by atoms with van der Waals surface area (Å²) in [6, 6.07) is 6.78. The highest BCUT2D eigenvalue weighted by Gasteiger charge is 2.10. The normalized spacial score (nSPS) is 11.4. The predicted octanol–water partition coefficient (Wildman–Crippen LogP) is 1.02. The number of benzene rings is 1. The molecule has 0 aliphatic rings. The number of carboxylic acid groups (broad SMARTS) is 2. The summed E-state index contributed by atoms with van der Waals surface area (Å²) in [5.41, 5.74) is 10.4. The lowest BCUT2D eigenvalue weighted by molar-refractivity contribution is -0.138. The number of hydrogen-bond donors (Lipinski definition) is 4. The van der Waals surface area contributed by atoms with E-state index >= 15 is 0 Å². The number of aliphatic carboxylic acids is 1. The Bertz CT molecular complexity index is 756. The van der Waals surface area contributed by atoms with Gasteiger partial charge in [0.15, 0.2) is 5.43 Å². The number of fused-ring (bicyclic) bond motifs is 1. The third-order valence-corrected chi connectivity index (χ3v) is 3.13. The molecule has 0 bridgehead atoms. The van der Waals surface area contributed by atoms with E-state index in [9.17, 15) is 14.4 Å². The molecule has 1 heterocycles. The molecule has 0 saturated heterocycles. The summed E-state index contributed by atoms with van der Waals surface area (Å²) in [5, 5.41) is 17.3. The Hall–Kier alpha value is -2.71. The smallest absolute Gasteiger partial charge is 0.371 e. The number of para-hydroxylation sites is 1. The van der Waals surface area contributed by atoms with Crippen LogP contribution in [0.4, 0.5) is 0 Å². The lowest BCUT2D eigenvalue weighted by Gasteiger charge is -2.03. The highest BCUT2D eigenvalue weighted by atomic mass is 16.4. The van der Waals surface area contributed by atoms with Crippen molar-refractivity contribution in [3.63, 3.8) is 0 Å². The SMILES string of the molecule is NCCCCC(N)C(=O)O.O=C(O)c1cc(=O)c2ccccc2o1. The molecule has 0 spiro atoms. The van der Waals surface area contributed by atoms with Gasteiger partial charge in [0.1, 0.15) is 11.6 Å². The Kier molecular flexibility index (Phi) is 7.60. The van der Waals surface area contributed by atoms with Crippen molar-refractivity contribution in [2.45, 2.75) is 25.3 Å². The molecule has 1 aromatic carbocycles. The number of nitrogens with two attached hydrogens (primary N) is 2. The van der Waals surface area contributed by atoms with Crippen molar-refractivity contribution in [1.82, 2.24) is 0 Å². The van der Waals surface area contributed by atoms with E-state index in [-0.39, 0.29) is 16.8 Å². The quantitative estimate of drug-likeness (QED) is 0.569. The molecule has 0 fully saturated rings. The lowest BCUT2D eigenvalue weighted by atomic mass is 10.1. The van der Waals surface area contributed by atoms with Crippen LogP contribution in [0.5, 0.6) is 0 Å². The summed E-state index contributed by atoms with van der Waals surface area (Å²) in [7, 11) is 0. The van der Waals surface area contributed by atoms with Crippen LogP contribution in [0.15, 0.2) is 39.5 Å². The molecule has 1 atom stereocenters. The van der Waals surface area contributed by atoms with Crippen LogP contribution in [0.1, 0.15) is 29.8 Å². The highest BCUT2D eigenvalue weighted by molar-refractivity contribution is 5.87. The Morgan fingerprint density at radius 3 is 2.42 bits per heavy atom. The maximum atomic E-state index is 11.4. The Labute approximate surface area is 137 Å². The molecule has 2 rings (SSSR count). The van der Waals surface area contributed by atoms with Crippen molar-refractivity contribution in [1.29, 1.82) is 0 Å². The minimum absolute atomic E-state index is 0.289. The zero-order valence-corrected chi connectivity index (χ0v) is 13.0. The van der Waals surface area contributed by atoms with E-state index in [4.69, 9.17) is 26.1 Å². The first-order chi connectivity index (χ1) is 11.4. The minimum atomic E-state index is -1.24. The predicted molar refractivity (Wildman–Crippen MR) is 88.0 cm³/mol. The van der Waals surface area contributed by atoms with Crippen LogP contribution in [0, 0.1) is 0 Å². The fourth-order valence-electron chi connectivity index (χ4n) is 1.84. The second-order valence-electron chi connectivity index (χ2n) is 5.01. The van der Waals surface area contributed by atoms with Gasteiger partial charge >= 0.3 is 11.9 Å². The molecule has 2 aromatic rings. The van der Waals surface area contributed by atoms with Crippen molar-refractivity contribution < 1.29 is 24.2 Å². The topological polar surface area (TPSA) is 157 Å². The third kappa shape index (κ3) is 5.82. The van der Waals surface area contributed by atoms with E-state index in [0.717, 1.165) is 18.9 Å². The van der Waals surface area contributed by atoms with Crippen LogP contribution in [-0.4, -0.2) is 34.7 Å². The van der Waals surface area contributed by atoms with E-state index in [1.54, 1.807) is 24.3 Å². The third-order valence-electron chi connectivity index (χ3n) is 3.13. The molecule has 130 valence electrons. The van der Waals surface area contributed by atoms with E-state index in [1.807, 2.05) is 0 Å². The second-order valence-corrected chi connectivity index (χ2v) is 5.01. The average Bonchev–Trinajstić information content (AvgIpc) is 2.55. The number of unbranched alkanes of at least 4 members (excludes halogenated alkanes) is 1. The van der Waals surface area contributed by atoms with Crippen LogP contribution < -0.4 is 16.9 Å². The van der Waals surface area contributed by atoms with Gasteiger partial charge in [0.05, 0.1) is 5.39 Å². The molecular weight excluding hydrogens is 316 g/mol. The van der Waals surface area contributed by atoms with Gasteiger partial charge in [0, 0.05) is 6.07 Å². The van der Waals surface area contributed by atoms with Gasteiger partial charge in [-0.05, 0) is 31.5 Å². The molecule has 1 aromatic heterocycles. The fraction of sp³-hybridized carbons (Fsp3) is 0.312. The standard InChI is InChI=1S/C10H6O4.C6H14N2O2/c11-7-5-9(10(12)13)14-8-4-2-1-3-6(7)8;7-4-2-1-3-5(8)6(9)10/h1-5H,(H,12,13);5H,1-4,7-8H2,(H,9,10). The summed E-state index contributed by atoms with van der Waals surface area (Å²) in [6.45, 7) is 0.604. The first kappa shape index (κ1) is 19.3. The molecular formula is C16H20N2O6. The van der Waals surface area contributed by atoms with Crippen LogP contribution in [0.2, 0.25) is 0 Å². The molecule has 0 aliphatic carbocycles. The molecule has 0 amide bonds. The fourth-order valence-corrected chi connectivity index (χ4v) is 1.84. The number of rotatable bonds is 6. The maximum absolute atomic E-state index is 11.4. The van der Waals surface area contributed by atoms with Crippen molar-refractivity contribution in [3.05, 3.63) is 46.3 Å². The second kappa shape index (κ2) is 9.43. The van der Waals surface area contributed by atoms with Gasteiger partial charge < -0.3 is 26.1 Å². The number of carboxylic acids is 2. The number of hydrogen-bond acceptors (Lipinski definition) is 6. The van der Waals surface area contributed by atoms with E-state index in [0.29, 0.717) is 18.4 Å². The summed E-state index contributed by atoms with van der Waals surface area (Å²) in [5.74, 6) is -2.52. The zero-order chi connectivity index (χ0) is 18.1. The first-order valence-electron chi connectivity index (χ1n) is 7.31. The molecule has 6 N–H and O–H groups in total. The van der Waals surface area contributed by atoms with Gasteiger partial charge in [0.2, 0.25) is 5.76 Å². The lowest BCUT2D eigenvalue weighted by Crippen LogP contribution is -2.29. The monoisotopic (exact) mass is 336 g/mol. The molecule has 1 unspecified atom stereocenters. The van der Waals surface area contributed by atoms with Gasteiger partial charge in [0.25, 0.3) is 0 Å². The Balaban J connectivity index is 0.000000257. The number of carbonyl (C=O) groups is 2. The average molecular weight is 336 g/mol. The molecule has 0 saturated carbocycles. The van der Waals surface area contributed by atoms with Crippen LogP contribution >= 0.6 is 0 Å². The van der Waals surface area contributed by atoms with Crippen molar-refractivity contribution >= 4 is 22.9 Å².